The molecule has 0 saturated heterocycles. The van der Waals surface area contributed by atoms with Gasteiger partial charge < -0.3 is 4.90 Å². The minimum absolute atomic E-state index is 0.0360. The van der Waals surface area contributed by atoms with E-state index in [0.29, 0.717) is 0 Å². The molecule has 1 aliphatic heterocycles. The standard InChI is InChI=1S/C23H24N2OS/c1-23(2,3)21-13-17(7-9-24-21)20-12-18(14-27-20)15-5-6-19-16(11-15)8-10-25(4)22(19)26/h5-7,9,11-14H,8,10H2,1-4H3. The number of nitrogens with zero attached hydrogens (tertiary/aromatic N) is 2. The highest BCUT2D eigenvalue weighted by atomic mass is 32.1. The first-order valence-electron chi connectivity index (χ1n) is 9.27. The molecule has 0 N–H and O–H groups in total. The summed E-state index contributed by atoms with van der Waals surface area (Å²) in [7, 11) is 1.87. The monoisotopic (exact) mass is 376 g/mol. The highest BCUT2D eigenvalue weighted by molar-refractivity contribution is 7.14. The van der Waals surface area contributed by atoms with Crippen LogP contribution in [0, 0.1) is 0 Å². The molecule has 0 fully saturated rings. The van der Waals surface area contributed by atoms with Crippen molar-refractivity contribution in [3.05, 3.63) is 64.8 Å². The van der Waals surface area contributed by atoms with E-state index >= 15 is 0 Å². The molecule has 0 spiro atoms. The van der Waals surface area contributed by atoms with Crippen LogP contribution in [-0.4, -0.2) is 29.4 Å². The molecule has 138 valence electrons. The average Bonchev–Trinajstić information content (AvgIpc) is 3.14. The topological polar surface area (TPSA) is 33.2 Å². The molecule has 0 atom stereocenters. The Morgan fingerprint density at radius 3 is 2.63 bits per heavy atom. The normalized spacial score (nSPS) is 14.4. The molecule has 1 amide bonds. The number of pyridine rings is 1. The van der Waals surface area contributed by atoms with E-state index < -0.39 is 0 Å². The Kier molecular flexibility index (Phi) is 4.39. The molecular weight excluding hydrogens is 352 g/mol. The van der Waals surface area contributed by atoms with Gasteiger partial charge in [0.25, 0.3) is 5.91 Å². The second-order valence-electron chi connectivity index (χ2n) is 8.23. The second-order valence-corrected chi connectivity index (χ2v) is 9.14. The lowest BCUT2D eigenvalue weighted by Crippen LogP contribution is -2.34. The van der Waals surface area contributed by atoms with Crippen molar-refractivity contribution in [3.63, 3.8) is 0 Å². The number of amides is 1. The number of fused-ring (bicyclic) bond motifs is 1. The van der Waals surface area contributed by atoms with Crippen molar-refractivity contribution in [1.82, 2.24) is 9.88 Å². The summed E-state index contributed by atoms with van der Waals surface area (Å²) in [6, 6.07) is 12.7. The second kappa shape index (κ2) is 6.61. The van der Waals surface area contributed by atoms with Crippen LogP contribution in [0.1, 0.15) is 42.4 Å². The Morgan fingerprint density at radius 1 is 1.04 bits per heavy atom. The molecule has 27 heavy (non-hydrogen) atoms. The molecule has 4 rings (SSSR count). The molecule has 4 heteroatoms. The highest BCUT2D eigenvalue weighted by Gasteiger charge is 2.22. The minimum atomic E-state index is 0.0360. The quantitative estimate of drug-likeness (QED) is 0.600. The Labute approximate surface area is 164 Å². The zero-order chi connectivity index (χ0) is 19.2. The fourth-order valence-electron chi connectivity index (χ4n) is 3.42. The molecule has 2 aromatic heterocycles. The number of carbonyl (C=O) groups excluding carboxylic acids is 1. The third-order valence-electron chi connectivity index (χ3n) is 5.14. The summed E-state index contributed by atoms with van der Waals surface area (Å²) in [4.78, 5) is 19.9. The van der Waals surface area contributed by atoms with Gasteiger partial charge in [-0.15, -0.1) is 11.3 Å². The maximum Gasteiger partial charge on any atom is 0.253 e. The summed E-state index contributed by atoms with van der Waals surface area (Å²) in [5, 5.41) is 2.20. The zero-order valence-corrected chi connectivity index (χ0v) is 17.1. The van der Waals surface area contributed by atoms with Gasteiger partial charge in [0.2, 0.25) is 0 Å². The summed E-state index contributed by atoms with van der Waals surface area (Å²) < 4.78 is 0. The van der Waals surface area contributed by atoms with Gasteiger partial charge in [-0.3, -0.25) is 9.78 Å². The summed E-state index contributed by atoms with van der Waals surface area (Å²) >= 11 is 1.75. The number of thiophene rings is 1. The van der Waals surface area contributed by atoms with Crippen LogP contribution in [0.3, 0.4) is 0 Å². The van der Waals surface area contributed by atoms with Crippen molar-refractivity contribution in [1.29, 1.82) is 0 Å². The van der Waals surface area contributed by atoms with Gasteiger partial charge in [-0.05, 0) is 58.3 Å². The first kappa shape index (κ1) is 17.9. The van der Waals surface area contributed by atoms with E-state index in [-0.39, 0.29) is 11.3 Å². The number of aromatic nitrogens is 1. The maximum atomic E-state index is 12.3. The lowest BCUT2D eigenvalue weighted by molar-refractivity contribution is 0.0781. The highest BCUT2D eigenvalue weighted by Crippen LogP contribution is 2.35. The Balaban J connectivity index is 1.67. The minimum Gasteiger partial charge on any atom is -0.341 e. The summed E-state index contributed by atoms with van der Waals surface area (Å²) in [5.74, 6) is 0.125. The van der Waals surface area contributed by atoms with Crippen LogP contribution in [0.25, 0.3) is 21.6 Å². The fourth-order valence-corrected chi connectivity index (χ4v) is 4.33. The van der Waals surface area contributed by atoms with E-state index in [1.54, 1.807) is 16.2 Å². The third-order valence-corrected chi connectivity index (χ3v) is 6.12. The van der Waals surface area contributed by atoms with Gasteiger partial charge in [0, 0.05) is 41.3 Å². The number of hydrogen-bond donors (Lipinski definition) is 0. The molecule has 3 nitrogen and oxygen atoms in total. The van der Waals surface area contributed by atoms with E-state index in [2.05, 4.69) is 61.5 Å². The summed E-state index contributed by atoms with van der Waals surface area (Å²) in [6.45, 7) is 7.34. The number of hydrogen-bond acceptors (Lipinski definition) is 3. The van der Waals surface area contributed by atoms with E-state index in [1.807, 2.05) is 19.3 Å². The number of benzene rings is 1. The van der Waals surface area contributed by atoms with E-state index in [9.17, 15) is 4.79 Å². The van der Waals surface area contributed by atoms with Gasteiger partial charge in [-0.2, -0.15) is 0 Å². The van der Waals surface area contributed by atoms with Gasteiger partial charge in [-0.1, -0.05) is 32.9 Å². The molecule has 3 aromatic rings. The molecule has 0 bridgehead atoms. The smallest absolute Gasteiger partial charge is 0.253 e. The number of rotatable bonds is 2. The van der Waals surface area contributed by atoms with Gasteiger partial charge in [0.1, 0.15) is 0 Å². The van der Waals surface area contributed by atoms with Crippen LogP contribution in [0.15, 0.2) is 48.0 Å². The Bertz CT molecular complexity index is 1010. The van der Waals surface area contributed by atoms with Gasteiger partial charge in [0.05, 0.1) is 0 Å². The van der Waals surface area contributed by atoms with Gasteiger partial charge >= 0.3 is 0 Å². The van der Waals surface area contributed by atoms with E-state index in [4.69, 9.17) is 0 Å². The van der Waals surface area contributed by atoms with Crippen LogP contribution in [0.5, 0.6) is 0 Å². The molecule has 0 unspecified atom stereocenters. The fraction of sp³-hybridized carbons (Fsp3) is 0.304. The van der Waals surface area contributed by atoms with Crippen LogP contribution in [-0.2, 0) is 11.8 Å². The lowest BCUT2D eigenvalue weighted by atomic mass is 9.90. The SMILES string of the molecule is CN1CCc2cc(-c3csc(-c4ccnc(C(C)(C)C)c4)c3)ccc2C1=O. The van der Waals surface area contributed by atoms with Gasteiger partial charge in [-0.25, -0.2) is 0 Å². The predicted molar refractivity (Wildman–Crippen MR) is 112 cm³/mol. The van der Waals surface area contributed by atoms with Crippen molar-refractivity contribution in [2.24, 2.45) is 0 Å². The average molecular weight is 377 g/mol. The van der Waals surface area contributed by atoms with Crippen LogP contribution in [0.4, 0.5) is 0 Å². The number of carbonyl (C=O) groups is 1. The van der Waals surface area contributed by atoms with Crippen molar-refractivity contribution >= 4 is 17.2 Å². The lowest BCUT2D eigenvalue weighted by Gasteiger charge is -2.25. The van der Waals surface area contributed by atoms with Crippen molar-refractivity contribution in [2.45, 2.75) is 32.6 Å². The molecular formula is C23H24N2OS. The van der Waals surface area contributed by atoms with E-state index in [1.165, 1.54) is 21.6 Å². The molecule has 1 aliphatic rings. The van der Waals surface area contributed by atoms with Crippen LogP contribution < -0.4 is 0 Å². The molecule has 0 saturated carbocycles. The van der Waals surface area contributed by atoms with Crippen molar-refractivity contribution in [2.75, 3.05) is 13.6 Å². The zero-order valence-electron chi connectivity index (χ0n) is 16.2. The molecule has 1 aromatic carbocycles. The molecule has 3 heterocycles. The largest absolute Gasteiger partial charge is 0.341 e. The van der Waals surface area contributed by atoms with Crippen molar-refractivity contribution in [3.8, 4) is 21.6 Å². The summed E-state index contributed by atoms with van der Waals surface area (Å²) in [6.07, 6.45) is 2.82. The first-order chi connectivity index (χ1) is 12.8. The van der Waals surface area contributed by atoms with Crippen molar-refractivity contribution < 1.29 is 4.79 Å². The maximum absolute atomic E-state index is 12.3. The molecule has 0 radical (unpaired) electrons. The third kappa shape index (κ3) is 3.42. The first-order valence-corrected chi connectivity index (χ1v) is 10.1. The van der Waals surface area contributed by atoms with Crippen LogP contribution >= 0.6 is 11.3 Å². The van der Waals surface area contributed by atoms with Gasteiger partial charge in [0.15, 0.2) is 0 Å². The predicted octanol–water partition coefficient (Wildman–Crippen LogP) is 5.40. The molecule has 0 aliphatic carbocycles. The van der Waals surface area contributed by atoms with Crippen LogP contribution in [0.2, 0.25) is 0 Å². The summed E-state index contributed by atoms with van der Waals surface area (Å²) in [5.41, 5.74) is 6.73. The Hall–Kier alpha value is -2.46. The van der Waals surface area contributed by atoms with E-state index in [0.717, 1.165) is 29.8 Å². The number of likely N-dealkylation sites (N-methyl/N-ethyl adjacent to an activating group) is 1. The Morgan fingerprint density at radius 2 is 1.85 bits per heavy atom.